The fraction of sp³-hybridized carbons (Fsp3) is 0.571. The van der Waals surface area contributed by atoms with Gasteiger partial charge in [0.2, 0.25) is 10.0 Å². The number of nitrogens with two attached hydrogens (primary N) is 1. The Bertz CT molecular complexity index is 628. The summed E-state index contributed by atoms with van der Waals surface area (Å²) in [5.74, 6) is -0.207. The van der Waals surface area contributed by atoms with Crippen LogP contribution >= 0.6 is 12.4 Å². The molecule has 1 aliphatic rings. The molecule has 1 aromatic rings. The molecule has 0 amide bonds. The van der Waals surface area contributed by atoms with E-state index in [9.17, 15) is 18.5 Å². The standard InChI is InChI=1S/C14H21N3O4S.ClH/c15-14(8-2-1-3-9-14)11-16-22(20,21)10-12-4-6-13(7-5-12)17(18)19;/h4-7,16H,1-3,8-11,15H2;1H. The number of hydrogen-bond acceptors (Lipinski definition) is 5. The number of nitrogens with zero attached hydrogens (tertiary/aromatic N) is 1. The van der Waals surface area contributed by atoms with Gasteiger partial charge in [0.1, 0.15) is 0 Å². The predicted molar refractivity (Wildman–Crippen MR) is 91.0 cm³/mol. The maximum atomic E-state index is 12.1. The molecule has 1 saturated carbocycles. The second-order valence-electron chi connectivity index (χ2n) is 5.93. The number of non-ortho nitro benzene ring substituents is 1. The summed E-state index contributed by atoms with van der Waals surface area (Å²) in [6, 6.07) is 5.51. The molecule has 1 fully saturated rings. The van der Waals surface area contributed by atoms with E-state index in [0.717, 1.165) is 32.1 Å². The van der Waals surface area contributed by atoms with Crippen molar-refractivity contribution in [2.45, 2.75) is 43.4 Å². The van der Waals surface area contributed by atoms with Crippen LogP contribution in [-0.4, -0.2) is 25.4 Å². The second kappa shape index (κ2) is 8.05. The Hall–Kier alpha value is -1.22. The highest BCUT2D eigenvalue weighted by Crippen LogP contribution is 2.25. The summed E-state index contributed by atoms with van der Waals surface area (Å²) >= 11 is 0. The van der Waals surface area contributed by atoms with Gasteiger partial charge in [0.25, 0.3) is 5.69 Å². The van der Waals surface area contributed by atoms with Gasteiger partial charge in [0.05, 0.1) is 10.7 Å². The highest BCUT2D eigenvalue weighted by Gasteiger charge is 2.28. The zero-order chi connectivity index (χ0) is 16.2. The summed E-state index contributed by atoms with van der Waals surface area (Å²) in [5, 5.41) is 10.6. The molecule has 0 saturated heterocycles. The third-order valence-electron chi connectivity index (χ3n) is 4.00. The minimum Gasteiger partial charge on any atom is -0.324 e. The molecule has 0 heterocycles. The molecule has 0 aromatic heterocycles. The van der Waals surface area contributed by atoms with Crippen molar-refractivity contribution in [3.8, 4) is 0 Å². The van der Waals surface area contributed by atoms with E-state index in [1.54, 1.807) is 0 Å². The van der Waals surface area contributed by atoms with E-state index in [1.807, 2.05) is 0 Å². The quantitative estimate of drug-likeness (QED) is 0.593. The van der Waals surface area contributed by atoms with Crippen LogP contribution in [0.2, 0.25) is 0 Å². The van der Waals surface area contributed by atoms with Crippen molar-refractivity contribution in [1.29, 1.82) is 0 Å². The predicted octanol–water partition coefficient (Wildman–Crippen LogP) is 2.10. The SMILES string of the molecule is Cl.NC1(CNS(=O)(=O)Cc2ccc([N+](=O)[O-])cc2)CCCCC1. The lowest BCUT2D eigenvalue weighted by Crippen LogP contribution is -2.51. The largest absolute Gasteiger partial charge is 0.324 e. The Morgan fingerprint density at radius 2 is 1.74 bits per heavy atom. The van der Waals surface area contributed by atoms with Crippen LogP contribution in [0.25, 0.3) is 0 Å². The van der Waals surface area contributed by atoms with Gasteiger partial charge in [-0.1, -0.05) is 31.4 Å². The van der Waals surface area contributed by atoms with Crippen LogP contribution in [0.4, 0.5) is 5.69 Å². The first-order valence-electron chi connectivity index (χ1n) is 7.29. The number of nitrogens with one attached hydrogen (secondary N) is 1. The van der Waals surface area contributed by atoms with Gasteiger partial charge in [-0.15, -0.1) is 12.4 Å². The van der Waals surface area contributed by atoms with Crippen LogP contribution in [0, 0.1) is 10.1 Å². The van der Waals surface area contributed by atoms with Crippen LogP contribution in [-0.2, 0) is 15.8 Å². The van der Waals surface area contributed by atoms with E-state index in [-0.39, 0.29) is 30.4 Å². The van der Waals surface area contributed by atoms with Gasteiger partial charge in [-0.05, 0) is 18.4 Å². The third-order valence-corrected chi connectivity index (χ3v) is 5.29. The molecule has 2 rings (SSSR count). The lowest BCUT2D eigenvalue weighted by Gasteiger charge is -2.33. The van der Waals surface area contributed by atoms with Crippen LogP contribution in [0.15, 0.2) is 24.3 Å². The van der Waals surface area contributed by atoms with Crippen LogP contribution in [0.1, 0.15) is 37.7 Å². The number of benzene rings is 1. The van der Waals surface area contributed by atoms with Crippen LogP contribution in [0.5, 0.6) is 0 Å². The maximum absolute atomic E-state index is 12.1. The van der Waals surface area contributed by atoms with E-state index in [4.69, 9.17) is 5.73 Å². The molecule has 0 radical (unpaired) electrons. The van der Waals surface area contributed by atoms with Gasteiger partial charge in [-0.3, -0.25) is 10.1 Å². The summed E-state index contributed by atoms with van der Waals surface area (Å²) in [5.41, 5.74) is 6.20. The Morgan fingerprint density at radius 1 is 1.17 bits per heavy atom. The fourth-order valence-corrected chi connectivity index (χ4v) is 3.91. The van der Waals surface area contributed by atoms with Crippen molar-refractivity contribution in [1.82, 2.24) is 4.72 Å². The summed E-state index contributed by atoms with van der Waals surface area (Å²) in [6.45, 7) is 0.238. The molecular weight excluding hydrogens is 342 g/mol. The number of halogens is 1. The number of hydrogen-bond donors (Lipinski definition) is 2. The molecule has 0 bridgehead atoms. The number of nitro benzene ring substituents is 1. The smallest absolute Gasteiger partial charge is 0.269 e. The highest BCUT2D eigenvalue weighted by molar-refractivity contribution is 7.88. The second-order valence-corrected chi connectivity index (χ2v) is 7.73. The summed E-state index contributed by atoms with van der Waals surface area (Å²) < 4.78 is 26.8. The van der Waals surface area contributed by atoms with Crippen LogP contribution < -0.4 is 10.5 Å². The maximum Gasteiger partial charge on any atom is 0.269 e. The minimum absolute atomic E-state index is 0. The minimum atomic E-state index is -3.51. The van der Waals surface area contributed by atoms with E-state index in [1.165, 1.54) is 24.3 Å². The van der Waals surface area contributed by atoms with Gasteiger partial charge in [0, 0.05) is 24.2 Å². The Kier molecular flexibility index (Phi) is 6.94. The molecule has 0 aliphatic heterocycles. The Balaban J connectivity index is 0.00000264. The van der Waals surface area contributed by atoms with E-state index in [2.05, 4.69) is 4.72 Å². The molecule has 9 heteroatoms. The average Bonchev–Trinajstić information content (AvgIpc) is 2.46. The molecule has 0 unspecified atom stereocenters. The van der Waals surface area contributed by atoms with Gasteiger partial charge in [-0.25, -0.2) is 13.1 Å². The van der Waals surface area contributed by atoms with Gasteiger partial charge >= 0.3 is 0 Å². The monoisotopic (exact) mass is 363 g/mol. The summed E-state index contributed by atoms with van der Waals surface area (Å²) in [4.78, 5) is 10.1. The average molecular weight is 364 g/mol. The zero-order valence-corrected chi connectivity index (χ0v) is 14.4. The first-order valence-corrected chi connectivity index (χ1v) is 8.94. The molecular formula is C14H22ClN3O4S. The van der Waals surface area contributed by atoms with Crippen molar-refractivity contribution in [2.24, 2.45) is 5.73 Å². The van der Waals surface area contributed by atoms with Crippen molar-refractivity contribution < 1.29 is 13.3 Å². The fourth-order valence-electron chi connectivity index (χ4n) is 2.67. The number of nitro groups is 1. The topological polar surface area (TPSA) is 115 Å². The lowest BCUT2D eigenvalue weighted by molar-refractivity contribution is -0.384. The third kappa shape index (κ3) is 6.06. The molecule has 3 N–H and O–H groups in total. The first kappa shape index (κ1) is 19.8. The molecule has 1 aromatic carbocycles. The van der Waals surface area contributed by atoms with Crippen LogP contribution in [0.3, 0.4) is 0 Å². The van der Waals surface area contributed by atoms with Crippen molar-refractivity contribution in [3.63, 3.8) is 0 Å². The van der Waals surface area contributed by atoms with Gasteiger partial charge in [-0.2, -0.15) is 0 Å². The lowest BCUT2D eigenvalue weighted by atomic mass is 9.83. The molecule has 7 nitrogen and oxygen atoms in total. The van der Waals surface area contributed by atoms with E-state index in [0.29, 0.717) is 5.56 Å². The van der Waals surface area contributed by atoms with Crippen molar-refractivity contribution in [3.05, 3.63) is 39.9 Å². The number of rotatable bonds is 6. The van der Waals surface area contributed by atoms with Crippen molar-refractivity contribution in [2.75, 3.05) is 6.54 Å². The first-order chi connectivity index (χ1) is 10.3. The van der Waals surface area contributed by atoms with E-state index < -0.39 is 20.5 Å². The van der Waals surface area contributed by atoms with Gasteiger partial charge in [0.15, 0.2) is 0 Å². The summed E-state index contributed by atoms with van der Waals surface area (Å²) in [6.07, 6.45) is 4.86. The molecule has 0 atom stereocenters. The molecule has 1 aliphatic carbocycles. The molecule has 130 valence electrons. The van der Waals surface area contributed by atoms with Gasteiger partial charge < -0.3 is 5.73 Å². The molecule has 23 heavy (non-hydrogen) atoms. The Labute approximate surface area is 142 Å². The summed E-state index contributed by atoms with van der Waals surface area (Å²) in [7, 11) is -3.51. The number of sulfonamides is 1. The Morgan fingerprint density at radius 3 is 2.26 bits per heavy atom. The highest BCUT2D eigenvalue weighted by atomic mass is 35.5. The molecule has 0 spiro atoms. The van der Waals surface area contributed by atoms with E-state index >= 15 is 0 Å². The zero-order valence-electron chi connectivity index (χ0n) is 12.7. The normalized spacial score (nSPS) is 17.3. The van der Waals surface area contributed by atoms with Crippen molar-refractivity contribution >= 4 is 28.1 Å².